The summed E-state index contributed by atoms with van der Waals surface area (Å²) in [4.78, 5) is 49.2. The van der Waals surface area contributed by atoms with Crippen LogP contribution in [0.4, 0.5) is 5.13 Å². The Morgan fingerprint density at radius 2 is 2.24 bits per heavy atom. The lowest BCUT2D eigenvalue weighted by Gasteiger charge is -2.49. The monoisotopic (exact) mass is 558 g/mol. The predicted molar refractivity (Wildman–Crippen MR) is 136 cm³/mol. The summed E-state index contributed by atoms with van der Waals surface area (Å²) in [6, 6.07) is 2.53. The van der Waals surface area contributed by atoms with E-state index in [1.165, 1.54) is 16.7 Å². The van der Waals surface area contributed by atoms with Crippen LogP contribution in [0, 0.1) is 0 Å². The average molecular weight is 559 g/mol. The van der Waals surface area contributed by atoms with Crippen molar-refractivity contribution >= 4 is 51.9 Å². The molecular formula is C23H24N7O6S2+. The minimum Gasteiger partial charge on any atom is -0.477 e. The molecular weight excluding hydrogens is 534 g/mol. The fourth-order valence-electron chi connectivity index (χ4n) is 4.33. The molecule has 2 unspecified atom stereocenters. The number of pyridine rings is 1. The molecule has 5 rings (SSSR count). The smallest absolute Gasteiger partial charge is 0.352 e. The quantitative estimate of drug-likeness (QED) is 0.105. The van der Waals surface area contributed by atoms with E-state index in [-0.39, 0.29) is 41.6 Å². The number of β-lactam (4-membered cyclic amide) rings is 1. The lowest BCUT2D eigenvalue weighted by Crippen LogP contribution is -2.71. The summed E-state index contributed by atoms with van der Waals surface area (Å²) < 4.78 is 5.80. The molecule has 1 saturated heterocycles. The number of aliphatic carboxylic acids is 1. The zero-order chi connectivity index (χ0) is 26.8. The topological polar surface area (TPSA) is 184 Å². The molecule has 198 valence electrons. The summed E-state index contributed by atoms with van der Waals surface area (Å²) in [5.74, 6) is -2.20. The number of nitrogen functional groups attached to an aromatic ring is 1. The Balaban J connectivity index is 1.34. The van der Waals surface area contributed by atoms with E-state index in [2.05, 4.69) is 19.8 Å². The fraction of sp³-hybridized carbons (Fsp3) is 0.348. The first-order valence-electron chi connectivity index (χ1n) is 11.7. The van der Waals surface area contributed by atoms with Gasteiger partial charge in [-0.3, -0.25) is 14.5 Å². The second kappa shape index (κ2) is 10.9. The second-order valence-electron chi connectivity index (χ2n) is 8.71. The first-order valence-corrected chi connectivity index (χ1v) is 13.5. The van der Waals surface area contributed by atoms with Gasteiger partial charge in [-0.25, -0.2) is 9.36 Å². The van der Waals surface area contributed by atoms with Crippen molar-refractivity contribution in [2.75, 3.05) is 11.5 Å². The number of hydrogen-bond donors (Lipinski definition) is 4. The number of carboxylic acid groups (broad SMARTS) is 1. The van der Waals surface area contributed by atoms with E-state index in [0.717, 1.165) is 24.4 Å². The number of carboxylic acids is 1. The molecule has 15 heteroatoms. The maximum absolute atomic E-state index is 13.2. The molecule has 2 aliphatic heterocycles. The van der Waals surface area contributed by atoms with Gasteiger partial charge in [0.25, 0.3) is 11.8 Å². The molecule has 0 saturated carbocycles. The largest absolute Gasteiger partial charge is 0.477 e. The van der Waals surface area contributed by atoms with Gasteiger partial charge in [0.15, 0.2) is 24.1 Å². The van der Waals surface area contributed by atoms with Crippen LogP contribution in [0.25, 0.3) is 0 Å². The van der Waals surface area contributed by atoms with Crippen LogP contribution in [0.3, 0.4) is 0 Å². The Morgan fingerprint density at radius 1 is 1.39 bits per heavy atom. The van der Waals surface area contributed by atoms with Crippen LogP contribution in [0.1, 0.15) is 24.2 Å². The number of rotatable bonds is 9. The van der Waals surface area contributed by atoms with E-state index >= 15 is 0 Å². The van der Waals surface area contributed by atoms with Crippen molar-refractivity contribution in [3.63, 3.8) is 0 Å². The van der Waals surface area contributed by atoms with Crippen LogP contribution < -0.4 is 15.6 Å². The Hall–Kier alpha value is -3.82. The maximum Gasteiger partial charge on any atom is 0.352 e. The zero-order valence-electron chi connectivity index (χ0n) is 19.9. The van der Waals surface area contributed by atoms with Crippen LogP contribution >= 0.6 is 23.3 Å². The van der Waals surface area contributed by atoms with Crippen molar-refractivity contribution in [3.8, 4) is 0 Å². The number of nitrogens with one attached hydrogen (secondary N) is 1. The van der Waals surface area contributed by atoms with Gasteiger partial charge in [-0.05, 0) is 25.0 Å². The molecule has 2 amide bonds. The van der Waals surface area contributed by atoms with Gasteiger partial charge in [-0.2, -0.15) is 9.36 Å². The van der Waals surface area contributed by atoms with Crippen LogP contribution in [-0.4, -0.2) is 71.2 Å². The molecule has 0 aromatic carbocycles. The number of fused-ring (bicyclic) bond motifs is 1. The van der Waals surface area contributed by atoms with E-state index in [9.17, 15) is 24.6 Å². The van der Waals surface area contributed by atoms with Gasteiger partial charge in [-0.1, -0.05) is 11.2 Å². The van der Waals surface area contributed by atoms with Crippen molar-refractivity contribution in [1.29, 1.82) is 0 Å². The maximum atomic E-state index is 13.2. The third-order valence-corrected chi connectivity index (χ3v) is 8.01. The Labute approximate surface area is 224 Å². The van der Waals surface area contributed by atoms with Crippen LogP contribution in [0.15, 0.2) is 53.1 Å². The number of nitrogens with zero attached hydrogens (tertiary/aromatic N) is 5. The van der Waals surface area contributed by atoms with Crippen LogP contribution in [0.2, 0.25) is 0 Å². The van der Waals surface area contributed by atoms with Crippen LogP contribution in [-0.2, 0) is 32.4 Å². The number of anilines is 1. The number of carbonyl (C=O) groups is 3. The number of oxime groups is 1. The number of aliphatic hydroxyl groups is 1. The van der Waals surface area contributed by atoms with E-state index in [1.54, 1.807) is 29.1 Å². The highest BCUT2D eigenvalue weighted by atomic mass is 32.2. The number of hydrogen-bond acceptors (Lipinski definition) is 11. The summed E-state index contributed by atoms with van der Waals surface area (Å²) >= 11 is 2.24. The highest BCUT2D eigenvalue weighted by Gasteiger charge is 2.55. The van der Waals surface area contributed by atoms with E-state index < -0.39 is 29.2 Å². The number of allylic oxidation sites excluding steroid dienone is 1. The van der Waals surface area contributed by atoms with Gasteiger partial charge < -0.3 is 26.1 Å². The first-order chi connectivity index (χ1) is 18.4. The average Bonchev–Trinajstić information content (AvgIpc) is 3.59. The van der Waals surface area contributed by atoms with Crippen molar-refractivity contribution in [2.45, 2.75) is 43.5 Å². The lowest BCUT2D eigenvalue weighted by molar-refractivity contribution is -0.689. The van der Waals surface area contributed by atoms with Crippen molar-refractivity contribution in [2.24, 2.45) is 5.16 Å². The molecule has 5 N–H and O–H groups in total. The zero-order valence-corrected chi connectivity index (χ0v) is 21.5. The number of thioether (sulfide) groups is 1. The van der Waals surface area contributed by atoms with E-state index in [1.807, 2.05) is 12.2 Å². The van der Waals surface area contributed by atoms with Gasteiger partial charge >= 0.3 is 5.97 Å². The Morgan fingerprint density at radius 3 is 2.92 bits per heavy atom. The summed E-state index contributed by atoms with van der Waals surface area (Å²) in [5, 5.41) is 25.5. The summed E-state index contributed by atoms with van der Waals surface area (Å²) in [7, 11) is 0. The van der Waals surface area contributed by atoms with Crippen molar-refractivity contribution in [1.82, 2.24) is 19.6 Å². The normalized spacial score (nSPS) is 22.8. The molecule has 4 heterocycles. The number of amides is 2. The molecule has 0 radical (unpaired) electrons. The highest BCUT2D eigenvalue weighted by molar-refractivity contribution is 8.00. The van der Waals surface area contributed by atoms with E-state index in [0.29, 0.717) is 16.9 Å². The van der Waals surface area contributed by atoms with Crippen molar-refractivity contribution < 1.29 is 34.0 Å². The summed E-state index contributed by atoms with van der Waals surface area (Å²) in [6.07, 6.45) is 8.52. The summed E-state index contributed by atoms with van der Waals surface area (Å²) in [5.41, 5.74) is 6.57. The molecule has 13 nitrogen and oxygen atoms in total. The van der Waals surface area contributed by atoms with Crippen molar-refractivity contribution in [3.05, 3.63) is 59.3 Å². The second-order valence-corrected chi connectivity index (χ2v) is 10.6. The van der Waals surface area contributed by atoms with Gasteiger partial charge in [0, 0.05) is 34.5 Å². The third-order valence-electron chi connectivity index (χ3n) is 6.13. The molecule has 2 aromatic heterocycles. The molecule has 0 spiro atoms. The minimum atomic E-state index is -1.23. The molecule has 3 aliphatic rings. The Bertz CT molecular complexity index is 1370. The molecule has 2 aromatic rings. The number of carbonyl (C=O) groups excluding carboxylic acids is 2. The van der Waals surface area contributed by atoms with Gasteiger partial charge in [0.1, 0.15) is 23.2 Å². The van der Waals surface area contributed by atoms with E-state index in [4.69, 9.17) is 10.6 Å². The SMILES string of the molecule is Nc1nc(/C(=N/OC2C=CCC2)C(=O)NC2C(=O)N3C(C(=O)O)=C(C[n+]4cccc(CO)c4)CS[C@H]23)ns1. The molecule has 3 atom stereocenters. The highest BCUT2D eigenvalue weighted by Crippen LogP contribution is 2.40. The molecule has 38 heavy (non-hydrogen) atoms. The Kier molecular flexibility index (Phi) is 7.40. The minimum absolute atomic E-state index is 0.0255. The fourth-order valence-corrected chi connectivity index (χ4v) is 6.10. The molecule has 1 fully saturated rings. The molecule has 1 aliphatic carbocycles. The number of aliphatic hydroxyl groups excluding tert-OH is 1. The lowest BCUT2D eigenvalue weighted by atomic mass is 10.0. The number of aromatic nitrogens is 3. The molecule has 0 bridgehead atoms. The van der Waals surface area contributed by atoms with Crippen LogP contribution in [0.5, 0.6) is 0 Å². The number of nitrogens with two attached hydrogens (primary N) is 1. The first kappa shape index (κ1) is 25.8. The summed E-state index contributed by atoms with van der Waals surface area (Å²) in [6.45, 7) is 0.0852. The standard InChI is InChI=1S/C23H23N7O6S2/c24-23-26-18(28-38-23)15(27-36-14-5-1-2-6-14)19(32)25-16-20(33)30-17(22(34)35)13(11-37-21(16)30)9-29-7-3-4-12(8-29)10-31/h1,3-5,7-8,14,16,21,31H,2,6,9-11H2,(H3-,24,25,26,28,32,34,35)/p+1/b27-15-/t14?,16?,21-/m1/s1. The van der Waals surface area contributed by atoms with Gasteiger partial charge in [0.05, 0.1) is 6.61 Å². The van der Waals surface area contributed by atoms with Gasteiger partial charge in [0.2, 0.25) is 11.5 Å². The predicted octanol–water partition coefficient (Wildman–Crippen LogP) is -0.222. The van der Waals surface area contributed by atoms with Gasteiger partial charge in [-0.15, -0.1) is 11.8 Å². The third kappa shape index (κ3) is 5.12.